The lowest BCUT2D eigenvalue weighted by Gasteiger charge is -2.17. The summed E-state index contributed by atoms with van der Waals surface area (Å²) in [6.07, 6.45) is 3.02. The van der Waals surface area contributed by atoms with Crippen LogP contribution in [-0.2, 0) is 10.0 Å². The standard InChI is InChI=1S/C16H28N2O2S/c1-5-17-15-11-6-7-12-16(15)21(19,20)18-14(4)10-8-9-13(2)3/h6-7,11-14,17-18H,5,8-10H2,1-4H3. The van der Waals surface area contributed by atoms with Crippen molar-refractivity contribution in [3.05, 3.63) is 24.3 Å². The molecule has 0 bridgehead atoms. The van der Waals surface area contributed by atoms with Crippen molar-refractivity contribution < 1.29 is 8.42 Å². The van der Waals surface area contributed by atoms with Crippen molar-refractivity contribution in [2.75, 3.05) is 11.9 Å². The molecule has 1 atom stereocenters. The van der Waals surface area contributed by atoms with Crippen molar-refractivity contribution in [2.24, 2.45) is 5.92 Å². The molecule has 1 rings (SSSR count). The molecule has 0 amide bonds. The molecule has 0 saturated carbocycles. The zero-order valence-electron chi connectivity index (χ0n) is 13.5. The Morgan fingerprint density at radius 2 is 1.76 bits per heavy atom. The van der Waals surface area contributed by atoms with Crippen LogP contribution < -0.4 is 10.0 Å². The maximum atomic E-state index is 12.5. The van der Waals surface area contributed by atoms with Gasteiger partial charge in [-0.25, -0.2) is 13.1 Å². The number of anilines is 1. The lowest BCUT2D eigenvalue weighted by Crippen LogP contribution is -2.33. The lowest BCUT2D eigenvalue weighted by molar-refractivity contribution is 0.488. The fraction of sp³-hybridized carbons (Fsp3) is 0.625. The van der Waals surface area contributed by atoms with E-state index in [1.165, 1.54) is 0 Å². The molecule has 1 unspecified atom stereocenters. The molecule has 5 heteroatoms. The van der Waals surface area contributed by atoms with Crippen LogP contribution in [0.25, 0.3) is 0 Å². The summed E-state index contributed by atoms with van der Waals surface area (Å²) in [5.74, 6) is 0.656. The summed E-state index contributed by atoms with van der Waals surface area (Å²) < 4.78 is 27.7. The highest BCUT2D eigenvalue weighted by atomic mass is 32.2. The first kappa shape index (κ1) is 18.0. The number of nitrogens with one attached hydrogen (secondary N) is 2. The molecule has 0 saturated heterocycles. The first-order chi connectivity index (χ1) is 9.86. The van der Waals surface area contributed by atoms with Crippen LogP contribution >= 0.6 is 0 Å². The van der Waals surface area contributed by atoms with Crippen molar-refractivity contribution in [2.45, 2.75) is 57.9 Å². The zero-order chi connectivity index (χ0) is 15.9. The third-order valence-electron chi connectivity index (χ3n) is 3.32. The van der Waals surface area contributed by atoms with Crippen molar-refractivity contribution in [1.29, 1.82) is 0 Å². The minimum absolute atomic E-state index is 0.0524. The Morgan fingerprint density at radius 1 is 1.10 bits per heavy atom. The quantitative estimate of drug-likeness (QED) is 0.732. The van der Waals surface area contributed by atoms with Gasteiger partial charge in [-0.2, -0.15) is 0 Å². The van der Waals surface area contributed by atoms with Crippen molar-refractivity contribution in [3.63, 3.8) is 0 Å². The molecule has 0 aliphatic carbocycles. The largest absolute Gasteiger partial charge is 0.384 e. The summed E-state index contributed by atoms with van der Waals surface area (Å²) in [7, 11) is -3.48. The summed E-state index contributed by atoms with van der Waals surface area (Å²) in [4.78, 5) is 0.322. The monoisotopic (exact) mass is 312 g/mol. The maximum absolute atomic E-state index is 12.5. The van der Waals surface area contributed by atoms with Crippen LogP contribution in [0.4, 0.5) is 5.69 Å². The Kier molecular flexibility index (Phi) is 7.18. The van der Waals surface area contributed by atoms with E-state index in [0.29, 0.717) is 23.0 Å². The molecule has 2 N–H and O–H groups in total. The molecule has 0 aliphatic heterocycles. The predicted octanol–water partition coefficient (Wildman–Crippen LogP) is 3.61. The van der Waals surface area contributed by atoms with Gasteiger partial charge < -0.3 is 5.32 Å². The molecule has 4 nitrogen and oxygen atoms in total. The van der Waals surface area contributed by atoms with E-state index in [9.17, 15) is 8.42 Å². The molecule has 1 aromatic carbocycles. The fourth-order valence-corrected chi connectivity index (χ4v) is 3.72. The predicted molar refractivity (Wildman–Crippen MR) is 89.1 cm³/mol. The second-order valence-electron chi connectivity index (χ2n) is 5.87. The van der Waals surface area contributed by atoms with E-state index in [1.807, 2.05) is 19.9 Å². The van der Waals surface area contributed by atoms with Gasteiger partial charge in [0, 0.05) is 12.6 Å². The molecule has 0 spiro atoms. The van der Waals surface area contributed by atoms with E-state index < -0.39 is 10.0 Å². The van der Waals surface area contributed by atoms with Gasteiger partial charge >= 0.3 is 0 Å². The summed E-state index contributed by atoms with van der Waals surface area (Å²) in [6.45, 7) is 8.93. The van der Waals surface area contributed by atoms with Crippen LogP contribution in [0, 0.1) is 5.92 Å². The Morgan fingerprint density at radius 3 is 2.38 bits per heavy atom. The first-order valence-electron chi connectivity index (χ1n) is 7.72. The third-order valence-corrected chi connectivity index (χ3v) is 4.97. The number of sulfonamides is 1. The molecule has 0 fully saturated rings. The zero-order valence-corrected chi connectivity index (χ0v) is 14.3. The summed E-state index contributed by atoms with van der Waals surface area (Å²) >= 11 is 0. The molecular formula is C16H28N2O2S. The number of rotatable bonds is 9. The van der Waals surface area contributed by atoms with Gasteiger partial charge in [0.05, 0.1) is 5.69 Å². The van der Waals surface area contributed by atoms with Gasteiger partial charge in [-0.15, -0.1) is 0 Å². The maximum Gasteiger partial charge on any atom is 0.242 e. The van der Waals surface area contributed by atoms with Gasteiger partial charge in [0.15, 0.2) is 0 Å². The lowest BCUT2D eigenvalue weighted by atomic mass is 10.0. The Hall–Kier alpha value is -1.07. The van der Waals surface area contributed by atoms with Crippen LogP contribution in [0.3, 0.4) is 0 Å². The minimum atomic E-state index is -3.48. The molecular weight excluding hydrogens is 284 g/mol. The highest BCUT2D eigenvalue weighted by Gasteiger charge is 2.20. The molecule has 0 radical (unpaired) electrons. The number of benzene rings is 1. The van der Waals surface area contributed by atoms with E-state index in [4.69, 9.17) is 0 Å². The van der Waals surface area contributed by atoms with Crippen LogP contribution in [0.2, 0.25) is 0 Å². The SMILES string of the molecule is CCNc1ccccc1S(=O)(=O)NC(C)CCCC(C)C. The van der Waals surface area contributed by atoms with Gasteiger partial charge in [0.25, 0.3) is 0 Å². The van der Waals surface area contributed by atoms with Crippen molar-refractivity contribution in [1.82, 2.24) is 4.72 Å². The topological polar surface area (TPSA) is 58.2 Å². The first-order valence-corrected chi connectivity index (χ1v) is 9.20. The Balaban J connectivity index is 2.73. The van der Waals surface area contributed by atoms with Gasteiger partial charge in [0.1, 0.15) is 4.90 Å². The van der Waals surface area contributed by atoms with Crippen LogP contribution in [0.1, 0.15) is 47.0 Å². The highest BCUT2D eigenvalue weighted by molar-refractivity contribution is 7.89. The normalized spacial score (nSPS) is 13.4. The van der Waals surface area contributed by atoms with E-state index in [0.717, 1.165) is 19.3 Å². The molecule has 21 heavy (non-hydrogen) atoms. The fourth-order valence-electron chi connectivity index (χ4n) is 2.26. The van der Waals surface area contributed by atoms with Crippen molar-refractivity contribution in [3.8, 4) is 0 Å². The van der Waals surface area contributed by atoms with Crippen molar-refractivity contribution >= 4 is 15.7 Å². The highest BCUT2D eigenvalue weighted by Crippen LogP contribution is 2.21. The second-order valence-corrected chi connectivity index (χ2v) is 7.56. The van der Waals surface area contributed by atoms with E-state index in [-0.39, 0.29) is 6.04 Å². The number of hydrogen-bond acceptors (Lipinski definition) is 3. The molecule has 120 valence electrons. The minimum Gasteiger partial charge on any atom is -0.384 e. The van der Waals surface area contributed by atoms with E-state index >= 15 is 0 Å². The Labute approximate surface area is 129 Å². The number of para-hydroxylation sites is 1. The summed E-state index contributed by atoms with van der Waals surface area (Å²) in [5, 5.41) is 3.09. The van der Waals surface area contributed by atoms with E-state index in [1.54, 1.807) is 18.2 Å². The van der Waals surface area contributed by atoms with E-state index in [2.05, 4.69) is 23.9 Å². The second kappa shape index (κ2) is 8.39. The summed E-state index contributed by atoms with van der Waals surface area (Å²) in [5.41, 5.74) is 0.655. The summed E-state index contributed by atoms with van der Waals surface area (Å²) in [6, 6.07) is 6.97. The van der Waals surface area contributed by atoms with Crippen LogP contribution in [0.15, 0.2) is 29.2 Å². The van der Waals surface area contributed by atoms with Gasteiger partial charge in [0.2, 0.25) is 10.0 Å². The van der Waals surface area contributed by atoms with Gasteiger partial charge in [-0.1, -0.05) is 38.8 Å². The average molecular weight is 312 g/mol. The molecule has 0 aliphatic rings. The smallest absolute Gasteiger partial charge is 0.242 e. The Bertz CT molecular complexity index is 527. The molecule has 0 heterocycles. The molecule has 0 aromatic heterocycles. The molecule has 1 aromatic rings. The van der Waals surface area contributed by atoms with Gasteiger partial charge in [-0.05, 0) is 38.3 Å². The van der Waals surface area contributed by atoms with Crippen LogP contribution in [0.5, 0.6) is 0 Å². The van der Waals surface area contributed by atoms with Gasteiger partial charge in [-0.3, -0.25) is 0 Å². The van der Waals surface area contributed by atoms with Crippen LogP contribution in [-0.4, -0.2) is 21.0 Å². The third kappa shape index (κ3) is 6.06. The average Bonchev–Trinajstić information content (AvgIpc) is 2.38. The number of hydrogen-bond donors (Lipinski definition) is 2.